The molecule has 5 heteroatoms. The van der Waals surface area contributed by atoms with Gasteiger partial charge < -0.3 is 4.74 Å². The van der Waals surface area contributed by atoms with Gasteiger partial charge in [0.1, 0.15) is 18.4 Å². The van der Waals surface area contributed by atoms with Gasteiger partial charge in [0, 0.05) is 17.8 Å². The molecule has 0 aliphatic rings. The zero-order valence-corrected chi connectivity index (χ0v) is 8.71. The molecule has 0 unspecified atom stereocenters. The van der Waals surface area contributed by atoms with Gasteiger partial charge in [0.15, 0.2) is 0 Å². The number of hydrogen-bond donors (Lipinski definition) is 0. The molecule has 15 heavy (non-hydrogen) atoms. The lowest BCUT2D eigenvalue weighted by Gasteiger charge is -2.05. The second-order valence-electron chi connectivity index (χ2n) is 3.23. The average molecular weight is 204 g/mol. The number of hydrogen-bond acceptors (Lipinski definition) is 4. The van der Waals surface area contributed by atoms with Crippen molar-refractivity contribution in [1.82, 2.24) is 19.7 Å². The van der Waals surface area contributed by atoms with Crippen molar-refractivity contribution in [2.45, 2.75) is 13.5 Å². The van der Waals surface area contributed by atoms with Crippen molar-refractivity contribution in [2.24, 2.45) is 0 Å². The Morgan fingerprint density at radius 1 is 1.40 bits per heavy atom. The Bertz CT molecular complexity index is 439. The van der Waals surface area contributed by atoms with E-state index in [1.165, 1.54) is 6.33 Å². The lowest BCUT2D eigenvalue weighted by molar-refractivity contribution is 0.412. The van der Waals surface area contributed by atoms with Crippen LogP contribution in [-0.2, 0) is 6.54 Å². The summed E-state index contributed by atoms with van der Waals surface area (Å²) in [4.78, 5) is 8.26. The molecule has 0 aliphatic carbocycles. The van der Waals surface area contributed by atoms with Gasteiger partial charge in [-0.3, -0.25) is 4.98 Å². The fourth-order valence-corrected chi connectivity index (χ4v) is 1.38. The zero-order chi connectivity index (χ0) is 10.7. The summed E-state index contributed by atoms with van der Waals surface area (Å²) in [5.74, 6) is 0.817. The highest BCUT2D eigenvalue weighted by atomic mass is 16.5. The zero-order valence-electron chi connectivity index (χ0n) is 8.71. The number of aromatic nitrogens is 4. The van der Waals surface area contributed by atoms with Crippen LogP contribution >= 0.6 is 0 Å². The minimum Gasteiger partial charge on any atom is -0.497 e. The van der Waals surface area contributed by atoms with Gasteiger partial charge in [0.2, 0.25) is 0 Å². The molecule has 0 radical (unpaired) electrons. The van der Waals surface area contributed by atoms with Crippen LogP contribution in [0.1, 0.15) is 11.4 Å². The quantitative estimate of drug-likeness (QED) is 0.749. The van der Waals surface area contributed by atoms with E-state index in [0.717, 1.165) is 17.1 Å². The number of pyridine rings is 1. The van der Waals surface area contributed by atoms with Gasteiger partial charge >= 0.3 is 0 Å². The highest BCUT2D eigenvalue weighted by molar-refractivity contribution is 5.26. The molecule has 0 bridgehead atoms. The van der Waals surface area contributed by atoms with Gasteiger partial charge in [0.25, 0.3) is 0 Å². The number of methoxy groups -OCH3 is 1. The Hall–Kier alpha value is -1.91. The van der Waals surface area contributed by atoms with Gasteiger partial charge in [-0.2, -0.15) is 5.10 Å². The minimum atomic E-state index is 0.609. The molecule has 0 aliphatic heterocycles. The fraction of sp³-hybridized carbons (Fsp3) is 0.300. The molecule has 0 N–H and O–H groups in total. The first-order chi connectivity index (χ1) is 7.28. The molecular weight excluding hydrogens is 192 g/mol. The van der Waals surface area contributed by atoms with Crippen LogP contribution in [0.5, 0.6) is 5.75 Å². The van der Waals surface area contributed by atoms with E-state index in [0.29, 0.717) is 6.54 Å². The predicted molar refractivity (Wildman–Crippen MR) is 54.7 cm³/mol. The normalized spacial score (nSPS) is 10.3. The number of aryl methyl sites for hydroxylation is 1. The van der Waals surface area contributed by atoms with Crippen LogP contribution in [-0.4, -0.2) is 26.9 Å². The van der Waals surface area contributed by atoms with Crippen LogP contribution in [0.15, 0.2) is 24.8 Å². The van der Waals surface area contributed by atoms with E-state index < -0.39 is 0 Å². The summed E-state index contributed by atoms with van der Waals surface area (Å²) in [6, 6.07) is 3.79. The maximum atomic E-state index is 5.17. The fourth-order valence-electron chi connectivity index (χ4n) is 1.38. The standard InChI is InChI=1S/C10H12N4O/c1-8-3-10(15-2)4-9(13-8)5-14-7-11-6-12-14/h3-4,6-7H,5H2,1-2H3. The lowest BCUT2D eigenvalue weighted by Crippen LogP contribution is -2.03. The Balaban J connectivity index is 2.24. The van der Waals surface area contributed by atoms with E-state index in [1.807, 2.05) is 19.1 Å². The molecule has 5 nitrogen and oxygen atoms in total. The van der Waals surface area contributed by atoms with E-state index in [1.54, 1.807) is 18.1 Å². The molecule has 2 aromatic heterocycles. The summed E-state index contributed by atoms with van der Waals surface area (Å²) in [5.41, 5.74) is 1.85. The van der Waals surface area contributed by atoms with E-state index in [-0.39, 0.29) is 0 Å². The monoisotopic (exact) mass is 204 g/mol. The van der Waals surface area contributed by atoms with Crippen LogP contribution in [0.2, 0.25) is 0 Å². The molecule has 0 spiro atoms. The summed E-state index contributed by atoms with van der Waals surface area (Å²) in [6.45, 7) is 2.55. The third-order valence-corrected chi connectivity index (χ3v) is 2.01. The SMILES string of the molecule is COc1cc(C)nc(Cn2cncn2)c1. The second-order valence-corrected chi connectivity index (χ2v) is 3.23. The predicted octanol–water partition coefficient (Wildman–Crippen LogP) is 1.04. The molecule has 0 aromatic carbocycles. The Kier molecular flexibility index (Phi) is 2.62. The molecule has 2 heterocycles. The minimum absolute atomic E-state index is 0.609. The van der Waals surface area contributed by atoms with Gasteiger partial charge in [-0.05, 0) is 6.92 Å². The number of rotatable bonds is 3. The second kappa shape index (κ2) is 4.08. The van der Waals surface area contributed by atoms with Gasteiger partial charge in [-0.15, -0.1) is 0 Å². The summed E-state index contributed by atoms with van der Waals surface area (Å²) >= 11 is 0. The van der Waals surface area contributed by atoms with Crippen LogP contribution < -0.4 is 4.74 Å². The van der Waals surface area contributed by atoms with Crippen molar-refractivity contribution in [1.29, 1.82) is 0 Å². The molecule has 0 fully saturated rings. The van der Waals surface area contributed by atoms with Crippen molar-refractivity contribution in [3.8, 4) is 5.75 Å². The van der Waals surface area contributed by atoms with E-state index in [2.05, 4.69) is 15.1 Å². The summed E-state index contributed by atoms with van der Waals surface area (Å²) in [7, 11) is 1.65. The molecular formula is C10H12N4O. The van der Waals surface area contributed by atoms with Crippen LogP contribution in [0.3, 0.4) is 0 Å². The molecule has 2 rings (SSSR count). The van der Waals surface area contributed by atoms with Crippen molar-refractivity contribution in [3.63, 3.8) is 0 Å². The molecule has 0 atom stereocenters. The Morgan fingerprint density at radius 3 is 2.93 bits per heavy atom. The van der Waals surface area contributed by atoms with Crippen molar-refractivity contribution in [3.05, 3.63) is 36.2 Å². The van der Waals surface area contributed by atoms with E-state index >= 15 is 0 Å². The Morgan fingerprint density at radius 2 is 2.27 bits per heavy atom. The van der Waals surface area contributed by atoms with Crippen LogP contribution in [0, 0.1) is 6.92 Å². The molecule has 2 aromatic rings. The van der Waals surface area contributed by atoms with E-state index in [9.17, 15) is 0 Å². The van der Waals surface area contributed by atoms with Crippen molar-refractivity contribution < 1.29 is 4.74 Å². The van der Waals surface area contributed by atoms with Gasteiger partial charge in [0.05, 0.1) is 19.3 Å². The average Bonchev–Trinajstić information content (AvgIpc) is 2.69. The van der Waals surface area contributed by atoms with Crippen LogP contribution in [0.25, 0.3) is 0 Å². The van der Waals surface area contributed by atoms with Gasteiger partial charge in [-0.1, -0.05) is 0 Å². The summed E-state index contributed by atoms with van der Waals surface area (Å²) in [6.07, 6.45) is 3.17. The molecule has 78 valence electrons. The lowest BCUT2D eigenvalue weighted by atomic mass is 10.3. The van der Waals surface area contributed by atoms with Gasteiger partial charge in [-0.25, -0.2) is 9.67 Å². The molecule has 0 saturated heterocycles. The first-order valence-electron chi connectivity index (χ1n) is 4.62. The Labute approximate surface area is 87.7 Å². The largest absolute Gasteiger partial charge is 0.497 e. The smallest absolute Gasteiger partial charge is 0.137 e. The summed E-state index contributed by atoms with van der Waals surface area (Å²) in [5, 5.41) is 4.02. The van der Waals surface area contributed by atoms with Crippen LogP contribution in [0.4, 0.5) is 0 Å². The third kappa shape index (κ3) is 2.31. The maximum absolute atomic E-state index is 5.17. The molecule has 0 saturated carbocycles. The van der Waals surface area contributed by atoms with Crippen molar-refractivity contribution in [2.75, 3.05) is 7.11 Å². The first-order valence-corrected chi connectivity index (χ1v) is 4.62. The topological polar surface area (TPSA) is 52.8 Å². The molecule has 0 amide bonds. The van der Waals surface area contributed by atoms with Crippen molar-refractivity contribution >= 4 is 0 Å². The highest BCUT2D eigenvalue weighted by Crippen LogP contribution is 2.13. The highest BCUT2D eigenvalue weighted by Gasteiger charge is 2.01. The summed E-state index contributed by atoms with van der Waals surface area (Å²) < 4.78 is 6.89. The third-order valence-electron chi connectivity index (χ3n) is 2.01. The first kappa shape index (κ1) is 9.64. The van der Waals surface area contributed by atoms with E-state index in [4.69, 9.17) is 4.74 Å². The number of ether oxygens (including phenoxy) is 1. The maximum Gasteiger partial charge on any atom is 0.137 e. The number of nitrogens with zero attached hydrogens (tertiary/aromatic N) is 4.